The number of aromatic nitrogens is 2. The van der Waals surface area contributed by atoms with Crippen molar-refractivity contribution < 1.29 is 0 Å². The minimum atomic E-state index is 0.169. The van der Waals surface area contributed by atoms with Crippen LogP contribution in [0, 0.1) is 5.92 Å². The molecule has 0 spiro atoms. The molecule has 0 fully saturated rings. The summed E-state index contributed by atoms with van der Waals surface area (Å²) in [4.78, 5) is 4.40. The number of hydrogen-bond acceptors (Lipinski definition) is 1. The van der Waals surface area contributed by atoms with Crippen LogP contribution in [0.4, 0.5) is 0 Å². The van der Waals surface area contributed by atoms with Gasteiger partial charge in [0.15, 0.2) is 0 Å². The molecule has 0 aromatic carbocycles. The van der Waals surface area contributed by atoms with Gasteiger partial charge >= 0.3 is 0 Å². The molecule has 0 aliphatic carbocycles. The first-order chi connectivity index (χ1) is 5.89. The van der Waals surface area contributed by atoms with Gasteiger partial charge in [-0.15, -0.1) is 0 Å². The molecule has 74 valence electrons. The fraction of sp³-hybridized carbons (Fsp3) is 0.727. The fourth-order valence-corrected chi connectivity index (χ4v) is 1.27. The molecule has 0 aliphatic heterocycles. The van der Waals surface area contributed by atoms with Crippen molar-refractivity contribution in [3.8, 4) is 0 Å². The molecule has 0 N–H and O–H groups in total. The van der Waals surface area contributed by atoms with Crippen LogP contribution >= 0.6 is 0 Å². The third-order valence-electron chi connectivity index (χ3n) is 1.98. The predicted octanol–water partition coefficient (Wildman–Crippen LogP) is 2.84. The average molecular weight is 180 g/mol. The van der Waals surface area contributed by atoms with Crippen molar-refractivity contribution in [1.82, 2.24) is 9.55 Å². The highest BCUT2D eigenvalue weighted by Gasteiger charge is 2.16. The maximum Gasteiger partial charge on any atom is 0.0949 e. The second kappa shape index (κ2) is 3.52. The Labute approximate surface area is 81.0 Å². The molecule has 2 nitrogen and oxygen atoms in total. The smallest absolute Gasteiger partial charge is 0.0949 e. The van der Waals surface area contributed by atoms with E-state index in [-0.39, 0.29) is 5.41 Å². The van der Waals surface area contributed by atoms with Crippen LogP contribution in [0.15, 0.2) is 12.5 Å². The van der Waals surface area contributed by atoms with E-state index >= 15 is 0 Å². The predicted molar refractivity (Wildman–Crippen MR) is 55.8 cm³/mol. The van der Waals surface area contributed by atoms with Gasteiger partial charge in [0, 0.05) is 18.2 Å². The third-order valence-corrected chi connectivity index (χ3v) is 1.98. The SMILES string of the molecule is CC(C)Cn1cnc(C(C)(C)C)c1. The molecule has 0 radical (unpaired) electrons. The molecule has 0 atom stereocenters. The molecular formula is C11H20N2. The third kappa shape index (κ3) is 2.87. The maximum atomic E-state index is 4.40. The lowest BCUT2D eigenvalue weighted by atomic mass is 9.93. The van der Waals surface area contributed by atoms with E-state index in [1.807, 2.05) is 6.33 Å². The van der Waals surface area contributed by atoms with Gasteiger partial charge in [0.1, 0.15) is 0 Å². The summed E-state index contributed by atoms with van der Waals surface area (Å²) in [6.07, 6.45) is 4.08. The number of nitrogens with zero attached hydrogens (tertiary/aromatic N) is 2. The highest BCUT2D eigenvalue weighted by atomic mass is 15.0. The van der Waals surface area contributed by atoms with Crippen molar-refractivity contribution >= 4 is 0 Å². The van der Waals surface area contributed by atoms with Gasteiger partial charge in [-0.2, -0.15) is 0 Å². The van der Waals surface area contributed by atoms with Gasteiger partial charge in [0.25, 0.3) is 0 Å². The highest BCUT2D eigenvalue weighted by molar-refractivity contribution is 5.08. The van der Waals surface area contributed by atoms with Crippen LogP contribution in [0.2, 0.25) is 0 Å². The van der Waals surface area contributed by atoms with E-state index in [0.717, 1.165) is 6.54 Å². The topological polar surface area (TPSA) is 17.8 Å². The molecule has 2 heteroatoms. The monoisotopic (exact) mass is 180 g/mol. The first-order valence-corrected chi connectivity index (χ1v) is 4.92. The first-order valence-electron chi connectivity index (χ1n) is 4.92. The summed E-state index contributed by atoms with van der Waals surface area (Å²) in [7, 11) is 0. The fourth-order valence-electron chi connectivity index (χ4n) is 1.27. The van der Waals surface area contributed by atoms with Crippen molar-refractivity contribution in [2.24, 2.45) is 5.92 Å². The molecule has 0 amide bonds. The molecule has 13 heavy (non-hydrogen) atoms. The second-order valence-corrected chi connectivity index (χ2v) is 5.10. The molecule has 0 saturated carbocycles. The van der Waals surface area contributed by atoms with Gasteiger partial charge in [-0.25, -0.2) is 4.98 Å². The van der Waals surface area contributed by atoms with Gasteiger partial charge in [-0.3, -0.25) is 0 Å². The van der Waals surface area contributed by atoms with Gasteiger partial charge in [-0.05, 0) is 5.92 Å². The van der Waals surface area contributed by atoms with Gasteiger partial charge in [0.2, 0.25) is 0 Å². The molecule has 1 aromatic rings. The van der Waals surface area contributed by atoms with Gasteiger partial charge in [-0.1, -0.05) is 34.6 Å². The zero-order valence-electron chi connectivity index (χ0n) is 9.33. The maximum absolute atomic E-state index is 4.40. The van der Waals surface area contributed by atoms with Crippen LogP contribution in [0.3, 0.4) is 0 Å². The molecule has 1 aromatic heterocycles. The van der Waals surface area contributed by atoms with E-state index < -0.39 is 0 Å². The number of hydrogen-bond donors (Lipinski definition) is 0. The molecular weight excluding hydrogens is 160 g/mol. The van der Waals surface area contributed by atoms with Crippen LogP contribution in [0.1, 0.15) is 40.3 Å². The standard InChI is InChI=1S/C11H20N2/c1-9(2)6-13-7-10(12-8-13)11(3,4)5/h7-9H,6H2,1-5H3. The van der Waals surface area contributed by atoms with E-state index in [1.165, 1.54) is 5.69 Å². The van der Waals surface area contributed by atoms with E-state index in [9.17, 15) is 0 Å². The second-order valence-electron chi connectivity index (χ2n) is 5.10. The van der Waals surface area contributed by atoms with E-state index in [4.69, 9.17) is 0 Å². The Balaban J connectivity index is 2.75. The zero-order valence-corrected chi connectivity index (χ0v) is 9.33. The van der Waals surface area contributed by atoms with Crippen molar-refractivity contribution in [1.29, 1.82) is 0 Å². The summed E-state index contributed by atoms with van der Waals surface area (Å²) in [5.74, 6) is 0.682. The van der Waals surface area contributed by atoms with Crippen LogP contribution in [0.5, 0.6) is 0 Å². The first kappa shape index (κ1) is 10.3. The average Bonchev–Trinajstić information content (AvgIpc) is 2.32. The molecule has 0 bridgehead atoms. The lowest BCUT2D eigenvalue weighted by Crippen LogP contribution is -2.11. The Morgan fingerprint density at radius 3 is 2.38 bits per heavy atom. The molecule has 0 unspecified atom stereocenters. The largest absolute Gasteiger partial charge is 0.337 e. The van der Waals surface area contributed by atoms with Crippen LogP contribution in [-0.4, -0.2) is 9.55 Å². The van der Waals surface area contributed by atoms with Crippen LogP contribution in [0.25, 0.3) is 0 Å². The minimum absolute atomic E-state index is 0.169. The normalized spacial score (nSPS) is 12.5. The summed E-state index contributed by atoms with van der Waals surface area (Å²) in [6.45, 7) is 12.1. The summed E-state index contributed by atoms with van der Waals surface area (Å²) in [5.41, 5.74) is 1.34. The van der Waals surface area contributed by atoms with Crippen LogP contribution < -0.4 is 0 Å². The van der Waals surface area contributed by atoms with Crippen molar-refractivity contribution in [3.05, 3.63) is 18.2 Å². The van der Waals surface area contributed by atoms with Crippen LogP contribution in [-0.2, 0) is 12.0 Å². The Morgan fingerprint density at radius 1 is 1.38 bits per heavy atom. The Hall–Kier alpha value is -0.790. The summed E-state index contributed by atoms with van der Waals surface area (Å²) >= 11 is 0. The van der Waals surface area contributed by atoms with Crippen molar-refractivity contribution in [2.45, 2.75) is 46.6 Å². The molecule has 0 aliphatic rings. The lowest BCUT2D eigenvalue weighted by Gasteiger charge is -2.14. The van der Waals surface area contributed by atoms with Gasteiger partial charge in [0.05, 0.1) is 12.0 Å². The number of rotatable bonds is 2. The summed E-state index contributed by atoms with van der Waals surface area (Å²) < 4.78 is 2.17. The number of imidazole rings is 1. The zero-order chi connectivity index (χ0) is 10.1. The van der Waals surface area contributed by atoms with E-state index in [2.05, 4.69) is 50.4 Å². The highest BCUT2D eigenvalue weighted by Crippen LogP contribution is 2.19. The minimum Gasteiger partial charge on any atom is -0.337 e. The van der Waals surface area contributed by atoms with Crippen molar-refractivity contribution in [3.63, 3.8) is 0 Å². The Kier molecular flexibility index (Phi) is 2.79. The lowest BCUT2D eigenvalue weighted by molar-refractivity contribution is 0.519. The molecule has 1 rings (SSSR count). The Bertz CT molecular complexity index is 266. The summed E-state index contributed by atoms with van der Waals surface area (Å²) in [5, 5.41) is 0. The van der Waals surface area contributed by atoms with E-state index in [0.29, 0.717) is 5.92 Å². The quantitative estimate of drug-likeness (QED) is 0.684. The molecule has 1 heterocycles. The van der Waals surface area contributed by atoms with Gasteiger partial charge < -0.3 is 4.57 Å². The van der Waals surface area contributed by atoms with E-state index in [1.54, 1.807) is 0 Å². The summed E-state index contributed by atoms with van der Waals surface area (Å²) in [6, 6.07) is 0. The Morgan fingerprint density at radius 2 is 2.00 bits per heavy atom. The molecule has 0 saturated heterocycles. The van der Waals surface area contributed by atoms with Crippen molar-refractivity contribution in [2.75, 3.05) is 0 Å².